The maximum Gasteiger partial charge on any atom is 0.300 e. The number of hydrogen-bond acceptors (Lipinski definition) is 12. The highest BCUT2D eigenvalue weighted by atomic mass is 33.1. The van der Waals surface area contributed by atoms with Gasteiger partial charge in [-0.05, 0) is 28.2 Å². The first-order valence-corrected chi connectivity index (χ1v) is 17.8. The van der Waals surface area contributed by atoms with Crippen LogP contribution >= 0.6 is 58.6 Å². The van der Waals surface area contributed by atoms with Gasteiger partial charge in [-0.25, -0.2) is 0 Å². The number of nitrogens with one attached hydrogen (secondary N) is 4. The Morgan fingerprint density at radius 2 is 1.03 bits per heavy atom. The molecule has 0 aliphatic heterocycles. The number of rotatable bonds is 14. The third-order valence-electron chi connectivity index (χ3n) is 2.95. The maximum atomic E-state index is 10.4. The van der Waals surface area contributed by atoms with Gasteiger partial charge in [0.05, 0.1) is 0 Å². The van der Waals surface area contributed by atoms with E-state index in [-0.39, 0.29) is 11.0 Å². The Hall–Kier alpha value is 0.200. The highest BCUT2D eigenvalue weighted by Gasteiger charge is 1.97. The largest absolute Gasteiger partial charge is 0.481 e. The van der Waals surface area contributed by atoms with Crippen molar-refractivity contribution in [2.45, 2.75) is 48.5 Å². The molecular formula is C25H63N5O4S5. The Morgan fingerprint density at radius 1 is 0.692 bits per heavy atom. The SMILES string of the molecule is CC.CC.CC(=O)N(C)CCS.CC(=O)O.CNCCS.CNCCSC(C)=O.CNCCSSCCNC. The molecule has 5 N–H and O–H groups in total. The highest BCUT2D eigenvalue weighted by Crippen LogP contribution is 2.18. The van der Waals surface area contributed by atoms with Crippen molar-refractivity contribution in [3.63, 3.8) is 0 Å². The highest BCUT2D eigenvalue weighted by molar-refractivity contribution is 8.76. The molecule has 0 aliphatic carbocycles. The molecule has 0 bridgehead atoms. The van der Waals surface area contributed by atoms with Gasteiger partial charge in [0, 0.05) is 89.3 Å². The van der Waals surface area contributed by atoms with Gasteiger partial charge in [-0.3, -0.25) is 14.4 Å². The lowest BCUT2D eigenvalue weighted by atomic mass is 10.5. The second kappa shape index (κ2) is 62.0. The minimum absolute atomic E-state index is 0.0963. The van der Waals surface area contributed by atoms with Gasteiger partial charge in [-0.2, -0.15) is 25.3 Å². The number of amides is 1. The third-order valence-corrected chi connectivity index (χ3v) is 6.59. The first-order valence-electron chi connectivity index (χ1n) is 13.1. The third kappa shape index (κ3) is 111. The second-order valence-electron chi connectivity index (χ2n) is 6.31. The number of carboxylic acid groups (broad SMARTS) is 1. The van der Waals surface area contributed by atoms with E-state index in [0.717, 1.165) is 56.9 Å². The molecule has 39 heavy (non-hydrogen) atoms. The summed E-state index contributed by atoms with van der Waals surface area (Å²) in [6.45, 7) is 17.1. The molecule has 0 aromatic carbocycles. The number of thioether (sulfide) groups is 1. The molecule has 0 aromatic rings. The normalized spacial score (nSPS) is 8.36. The zero-order valence-corrected chi connectivity index (χ0v) is 31.0. The molecule has 1 amide bonds. The Labute approximate surface area is 265 Å². The fraction of sp³-hybridized carbons (Fsp3) is 0.880. The molecule has 0 aromatic heterocycles. The van der Waals surface area contributed by atoms with Crippen molar-refractivity contribution in [1.29, 1.82) is 0 Å². The predicted octanol–water partition coefficient (Wildman–Crippen LogP) is 3.97. The summed E-state index contributed by atoms with van der Waals surface area (Å²) in [5.41, 5.74) is 0. The van der Waals surface area contributed by atoms with E-state index < -0.39 is 5.97 Å². The fourth-order valence-electron chi connectivity index (χ4n) is 1.12. The minimum atomic E-state index is -0.833. The molecule has 0 saturated heterocycles. The molecule has 0 radical (unpaired) electrons. The van der Waals surface area contributed by atoms with E-state index in [1.807, 2.05) is 77.5 Å². The fourth-order valence-corrected chi connectivity index (χ4v) is 4.26. The number of thiol groups is 2. The summed E-state index contributed by atoms with van der Waals surface area (Å²) in [6.07, 6.45) is 0. The van der Waals surface area contributed by atoms with Crippen LogP contribution in [-0.4, -0.2) is 124 Å². The van der Waals surface area contributed by atoms with Gasteiger partial charge < -0.3 is 31.3 Å². The first-order chi connectivity index (χ1) is 18.5. The monoisotopic (exact) mass is 657 g/mol. The summed E-state index contributed by atoms with van der Waals surface area (Å²) in [7, 11) is 13.4. The predicted molar refractivity (Wildman–Crippen MR) is 191 cm³/mol. The van der Waals surface area contributed by atoms with Gasteiger partial charge in [-0.15, -0.1) is 0 Å². The van der Waals surface area contributed by atoms with Crippen molar-refractivity contribution in [1.82, 2.24) is 26.2 Å². The zero-order chi connectivity index (χ0) is 32.3. The van der Waals surface area contributed by atoms with Crippen LogP contribution in [0.2, 0.25) is 0 Å². The summed E-state index contributed by atoms with van der Waals surface area (Å²) in [4.78, 5) is 31.3. The van der Waals surface area contributed by atoms with E-state index >= 15 is 0 Å². The molecule has 242 valence electrons. The van der Waals surface area contributed by atoms with Gasteiger partial charge in [0.25, 0.3) is 5.97 Å². The van der Waals surface area contributed by atoms with Crippen molar-refractivity contribution in [3.8, 4) is 0 Å². The zero-order valence-electron chi connectivity index (χ0n) is 26.8. The maximum absolute atomic E-state index is 10.4. The second-order valence-corrected chi connectivity index (χ2v) is 11.2. The lowest BCUT2D eigenvalue weighted by Crippen LogP contribution is -2.25. The Balaban J connectivity index is -0.0000000652. The number of nitrogens with zero attached hydrogens (tertiary/aromatic N) is 1. The summed E-state index contributed by atoms with van der Waals surface area (Å²) < 4.78 is 0. The Bertz CT molecular complexity index is 432. The van der Waals surface area contributed by atoms with Gasteiger partial charge in [0.2, 0.25) is 5.91 Å². The summed E-state index contributed by atoms with van der Waals surface area (Å²) in [6, 6.07) is 0. The molecule has 0 unspecified atom stereocenters. The number of aliphatic carboxylic acids is 1. The van der Waals surface area contributed by atoms with Crippen molar-refractivity contribution < 1.29 is 19.5 Å². The minimum Gasteiger partial charge on any atom is -0.481 e. The number of carbonyl (C=O) groups is 3. The molecule has 0 rings (SSSR count). The average Bonchev–Trinajstić information content (AvgIpc) is 2.90. The average molecular weight is 658 g/mol. The van der Waals surface area contributed by atoms with E-state index in [2.05, 4.69) is 46.5 Å². The standard InChI is InChI=1S/C6H16N2S2.2C5H11NOS.C3H9NS.C2H4O2.2C2H6/c1-7-3-5-9-10-6-4-8-2;1-5(7)8-4-3-6-2;1-5(7)6(2)3-4-8;1-4-2-3-5;1-2(3)4;2*1-2/h7-8H,3-6H2,1-2H3;6H,3-4H2,1-2H3;8H,3-4H2,1-2H3;4-5H,2-3H2,1H3;1H3,(H,3,4);2*1-2H3. The van der Waals surface area contributed by atoms with E-state index in [1.165, 1.54) is 23.3 Å². The van der Waals surface area contributed by atoms with Crippen LogP contribution in [0.25, 0.3) is 0 Å². The van der Waals surface area contributed by atoms with Crippen molar-refractivity contribution in [2.24, 2.45) is 0 Å². The van der Waals surface area contributed by atoms with Crippen molar-refractivity contribution >= 4 is 75.6 Å². The smallest absolute Gasteiger partial charge is 0.300 e. The van der Waals surface area contributed by atoms with Gasteiger partial charge in [0.1, 0.15) is 0 Å². The molecule has 0 fully saturated rings. The summed E-state index contributed by atoms with van der Waals surface area (Å²) in [5.74, 6) is 4.20. The first kappa shape index (κ1) is 55.2. The van der Waals surface area contributed by atoms with Crippen LogP contribution in [0.15, 0.2) is 0 Å². The Kier molecular flexibility index (Phi) is 87.7. The summed E-state index contributed by atoms with van der Waals surface area (Å²) >= 11 is 9.25. The van der Waals surface area contributed by atoms with Gasteiger partial charge in [-0.1, -0.05) is 61.0 Å². The molecular weight excluding hydrogens is 595 g/mol. The van der Waals surface area contributed by atoms with Crippen molar-refractivity contribution in [3.05, 3.63) is 0 Å². The van der Waals surface area contributed by atoms with Crippen LogP contribution in [0.4, 0.5) is 0 Å². The van der Waals surface area contributed by atoms with Crippen LogP contribution in [0, 0.1) is 0 Å². The quantitative estimate of drug-likeness (QED) is 0.0835. The van der Waals surface area contributed by atoms with Crippen LogP contribution in [0.5, 0.6) is 0 Å². The van der Waals surface area contributed by atoms with E-state index in [0.29, 0.717) is 0 Å². The number of carbonyl (C=O) groups excluding carboxylic acids is 2. The van der Waals surface area contributed by atoms with Gasteiger partial charge >= 0.3 is 0 Å². The van der Waals surface area contributed by atoms with Crippen LogP contribution in [0.1, 0.15) is 48.5 Å². The molecule has 0 heterocycles. The molecule has 9 nitrogen and oxygen atoms in total. The van der Waals surface area contributed by atoms with Gasteiger partial charge in [0.15, 0.2) is 5.12 Å². The van der Waals surface area contributed by atoms with Crippen LogP contribution < -0.4 is 21.3 Å². The summed E-state index contributed by atoms with van der Waals surface area (Å²) in [5, 5.41) is 19.7. The molecule has 14 heteroatoms. The van der Waals surface area contributed by atoms with Crippen LogP contribution in [0.3, 0.4) is 0 Å². The molecule has 0 aliphatic rings. The lowest BCUT2D eigenvalue weighted by molar-refractivity contribution is -0.134. The number of carboxylic acids is 1. The van der Waals surface area contributed by atoms with Crippen molar-refractivity contribution in [2.75, 3.05) is 96.7 Å². The molecule has 0 atom stereocenters. The van der Waals surface area contributed by atoms with E-state index in [4.69, 9.17) is 9.90 Å². The Morgan fingerprint density at radius 3 is 1.21 bits per heavy atom. The van der Waals surface area contributed by atoms with Crippen LogP contribution in [-0.2, 0) is 14.4 Å². The van der Waals surface area contributed by atoms with E-state index in [9.17, 15) is 9.59 Å². The topological polar surface area (TPSA) is 123 Å². The molecule has 0 saturated carbocycles. The van der Waals surface area contributed by atoms with E-state index in [1.54, 1.807) is 25.8 Å². The molecule has 0 spiro atoms. The number of hydrogen-bond donors (Lipinski definition) is 7. The lowest BCUT2D eigenvalue weighted by Gasteiger charge is -2.11.